The standard InChI is InChI=1S/C21H28N4O3.HI/c1-4-28-19-14-17(10-11-18(19)27-3)25-21(22-2)23-13-12-20(26)24-15-16-8-6-5-7-9-16;/h5-11,14H,4,12-13,15H2,1-3H3,(H,24,26)(H2,22,23,25);1H. The van der Waals surface area contributed by atoms with Gasteiger partial charge in [0, 0.05) is 38.3 Å². The number of hydrogen-bond donors (Lipinski definition) is 3. The smallest absolute Gasteiger partial charge is 0.222 e. The van der Waals surface area contributed by atoms with Gasteiger partial charge in [0.25, 0.3) is 0 Å². The lowest BCUT2D eigenvalue weighted by molar-refractivity contribution is -0.121. The molecular weight excluding hydrogens is 483 g/mol. The van der Waals surface area contributed by atoms with Crippen molar-refractivity contribution >= 4 is 41.5 Å². The molecule has 0 spiro atoms. The fourth-order valence-corrected chi connectivity index (χ4v) is 2.52. The zero-order chi connectivity index (χ0) is 20.2. The maximum atomic E-state index is 12.0. The van der Waals surface area contributed by atoms with Gasteiger partial charge in [-0.3, -0.25) is 9.79 Å². The average Bonchev–Trinajstić information content (AvgIpc) is 2.72. The minimum Gasteiger partial charge on any atom is -0.493 e. The molecule has 0 aliphatic rings. The summed E-state index contributed by atoms with van der Waals surface area (Å²) >= 11 is 0. The van der Waals surface area contributed by atoms with Crippen molar-refractivity contribution in [2.45, 2.75) is 19.9 Å². The molecule has 0 unspecified atom stereocenters. The number of ether oxygens (including phenoxy) is 2. The molecule has 7 nitrogen and oxygen atoms in total. The minimum absolute atomic E-state index is 0. The largest absolute Gasteiger partial charge is 0.493 e. The maximum absolute atomic E-state index is 12.0. The number of anilines is 1. The number of halogens is 1. The molecule has 0 heterocycles. The SMILES string of the molecule is CCOc1cc(NC(=NC)NCCC(=O)NCc2ccccc2)ccc1OC.I. The van der Waals surface area contributed by atoms with Crippen LogP contribution < -0.4 is 25.4 Å². The summed E-state index contributed by atoms with van der Waals surface area (Å²) in [6.07, 6.45) is 0.348. The molecule has 0 fully saturated rings. The van der Waals surface area contributed by atoms with E-state index in [0.717, 1.165) is 11.3 Å². The van der Waals surface area contributed by atoms with E-state index in [2.05, 4.69) is 20.9 Å². The molecule has 3 N–H and O–H groups in total. The van der Waals surface area contributed by atoms with Crippen molar-refractivity contribution in [3.05, 3.63) is 54.1 Å². The lowest BCUT2D eigenvalue weighted by atomic mass is 10.2. The molecule has 0 saturated heterocycles. The number of benzene rings is 2. The lowest BCUT2D eigenvalue weighted by Crippen LogP contribution is -2.34. The Bertz CT molecular complexity index is 785. The van der Waals surface area contributed by atoms with E-state index in [-0.39, 0.29) is 29.9 Å². The topological polar surface area (TPSA) is 84.0 Å². The highest BCUT2D eigenvalue weighted by molar-refractivity contribution is 14.0. The van der Waals surface area contributed by atoms with E-state index in [0.29, 0.717) is 43.6 Å². The molecule has 8 heteroatoms. The first kappa shape index (κ1) is 24.5. The first-order chi connectivity index (χ1) is 13.7. The van der Waals surface area contributed by atoms with Crippen molar-refractivity contribution in [1.29, 1.82) is 0 Å². The molecular formula is C21H29IN4O3. The number of carbonyl (C=O) groups is 1. The van der Waals surface area contributed by atoms with E-state index >= 15 is 0 Å². The van der Waals surface area contributed by atoms with E-state index in [1.165, 1.54) is 0 Å². The fourth-order valence-electron chi connectivity index (χ4n) is 2.52. The third kappa shape index (κ3) is 8.59. The summed E-state index contributed by atoms with van der Waals surface area (Å²) in [6, 6.07) is 15.4. The highest BCUT2D eigenvalue weighted by atomic mass is 127. The number of nitrogens with zero attached hydrogens (tertiary/aromatic N) is 1. The predicted molar refractivity (Wildman–Crippen MR) is 127 cm³/mol. The lowest BCUT2D eigenvalue weighted by Gasteiger charge is -2.14. The van der Waals surface area contributed by atoms with Gasteiger partial charge in [-0.05, 0) is 24.6 Å². The Morgan fingerprint density at radius 3 is 2.48 bits per heavy atom. The second-order valence-electron chi connectivity index (χ2n) is 5.93. The Morgan fingerprint density at radius 2 is 1.83 bits per heavy atom. The van der Waals surface area contributed by atoms with Crippen molar-refractivity contribution in [2.75, 3.05) is 32.6 Å². The van der Waals surface area contributed by atoms with E-state index < -0.39 is 0 Å². The van der Waals surface area contributed by atoms with E-state index in [1.54, 1.807) is 14.2 Å². The Hall–Kier alpha value is -2.49. The molecule has 1 amide bonds. The third-order valence-electron chi connectivity index (χ3n) is 3.93. The van der Waals surface area contributed by atoms with Crippen LogP contribution in [0.1, 0.15) is 18.9 Å². The predicted octanol–water partition coefficient (Wildman–Crippen LogP) is 3.41. The number of methoxy groups -OCH3 is 1. The number of nitrogens with one attached hydrogen (secondary N) is 3. The molecule has 0 radical (unpaired) electrons. The molecule has 29 heavy (non-hydrogen) atoms. The number of carbonyl (C=O) groups excluding carboxylic acids is 1. The van der Waals surface area contributed by atoms with Crippen LogP contribution in [0.4, 0.5) is 5.69 Å². The van der Waals surface area contributed by atoms with Crippen molar-refractivity contribution < 1.29 is 14.3 Å². The Balaban J connectivity index is 0.00000420. The third-order valence-corrected chi connectivity index (χ3v) is 3.93. The normalized spacial score (nSPS) is 10.5. The van der Waals surface area contributed by atoms with Gasteiger partial charge >= 0.3 is 0 Å². The van der Waals surface area contributed by atoms with E-state index in [4.69, 9.17) is 9.47 Å². The molecule has 158 valence electrons. The van der Waals surface area contributed by atoms with Crippen LogP contribution in [0.15, 0.2) is 53.5 Å². The molecule has 0 bridgehead atoms. The molecule has 0 aliphatic heterocycles. The zero-order valence-corrected chi connectivity index (χ0v) is 19.4. The average molecular weight is 512 g/mol. The van der Waals surface area contributed by atoms with Gasteiger partial charge in [0.1, 0.15) is 0 Å². The van der Waals surface area contributed by atoms with Crippen molar-refractivity contribution in [3.63, 3.8) is 0 Å². The highest BCUT2D eigenvalue weighted by Crippen LogP contribution is 2.30. The maximum Gasteiger partial charge on any atom is 0.222 e. The van der Waals surface area contributed by atoms with Gasteiger partial charge in [0.2, 0.25) is 5.91 Å². The summed E-state index contributed by atoms with van der Waals surface area (Å²) in [6.45, 7) is 3.46. The van der Waals surface area contributed by atoms with Crippen molar-refractivity contribution in [2.24, 2.45) is 4.99 Å². The Kier molecular flexibility index (Phi) is 11.6. The van der Waals surface area contributed by atoms with Crippen LogP contribution in [-0.2, 0) is 11.3 Å². The summed E-state index contributed by atoms with van der Waals surface area (Å²) in [5.41, 5.74) is 1.89. The summed E-state index contributed by atoms with van der Waals surface area (Å²) in [4.78, 5) is 16.2. The van der Waals surface area contributed by atoms with E-state index in [1.807, 2.05) is 55.5 Å². The number of aliphatic imine (C=N–C) groups is 1. The number of amides is 1. The van der Waals surface area contributed by atoms with Gasteiger partial charge in [-0.25, -0.2) is 0 Å². The van der Waals surface area contributed by atoms with Crippen LogP contribution in [0.2, 0.25) is 0 Å². The number of guanidine groups is 1. The van der Waals surface area contributed by atoms with E-state index in [9.17, 15) is 4.79 Å². The van der Waals surface area contributed by atoms with Crippen LogP contribution in [-0.4, -0.2) is 39.2 Å². The Labute approximate surface area is 189 Å². The highest BCUT2D eigenvalue weighted by Gasteiger charge is 2.07. The van der Waals surface area contributed by atoms with Crippen molar-refractivity contribution in [1.82, 2.24) is 10.6 Å². The van der Waals surface area contributed by atoms with Crippen LogP contribution in [0.3, 0.4) is 0 Å². The van der Waals surface area contributed by atoms with Crippen LogP contribution >= 0.6 is 24.0 Å². The first-order valence-electron chi connectivity index (χ1n) is 9.25. The van der Waals surface area contributed by atoms with Crippen LogP contribution in [0.25, 0.3) is 0 Å². The second kappa shape index (κ2) is 13.6. The van der Waals surface area contributed by atoms with Gasteiger partial charge in [-0.1, -0.05) is 30.3 Å². The molecule has 0 atom stereocenters. The summed E-state index contributed by atoms with van der Waals surface area (Å²) < 4.78 is 10.9. The van der Waals surface area contributed by atoms with Gasteiger partial charge in [-0.15, -0.1) is 24.0 Å². The number of hydrogen-bond acceptors (Lipinski definition) is 4. The van der Waals surface area contributed by atoms with Gasteiger partial charge in [-0.2, -0.15) is 0 Å². The van der Waals surface area contributed by atoms with Crippen molar-refractivity contribution in [3.8, 4) is 11.5 Å². The molecule has 0 saturated carbocycles. The summed E-state index contributed by atoms with van der Waals surface area (Å²) in [7, 11) is 3.28. The van der Waals surface area contributed by atoms with Crippen LogP contribution in [0.5, 0.6) is 11.5 Å². The quantitative estimate of drug-likeness (QED) is 0.273. The summed E-state index contributed by atoms with van der Waals surface area (Å²) in [5.74, 6) is 1.88. The van der Waals surface area contributed by atoms with Crippen LogP contribution in [0, 0.1) is 0 Å². The monoisotopic (exact) mass is 512 g/mol. The number of rotatable bonds is 9. The first-order valence-corrected chi connectivity index (χ1v) is 9.25. The van der Waals surface area contributed by atoms with Gasteiger partial charge < -0.3 is 25.4 Å². The van der Waals surface area contributed by atoms with Gasteiger partial charge in [0.15, 0.2) is 17.5 Å². The summed E-state index contributed by atoms with van der Waals surface area (Å²) in [5, 5.41) is 9.22. The molecule has 0 aromatic heterocycles. The fraction of sp³-hybridized carbons (Fsp3) is 0.333. The minimum atomic E-state index is -0.0186. The molecule has 0 aliphatic carbocycles. The molecule has 2 rings (SSSR count). The Morgan fingerprint density at radius 1 is 1.07 bits per heavy atom. The molecule has 2 aromatic carbocycles. The zero-order valence-electron chi connectivity index (χ0n) is 17.0. The molecule has 2 aromatic rings. The second-order valence-corrected chi connectivity index (χ2v) is 5.93. The van der Waals surface area contributed by atoms with Gasteiger partial charge in [0.05, 0.1) is 13.7 Å².